The number of ether oxygens (including phenoxy) is 2. The number of para-hydroxylation sites is 1. The van der Waals surface area contributed by atoms with Crippen LogP contribution in [0.4, 0.5) is 16.2 Å². The van der Waals surface area contributed by atoms with Crippen molar-refractivity contribution in [2.45, 2.75) is 60.6 Å². The van der Waals surface area contributed by atoms with E-state index in [4.69, 9.17) is 9.47 Å². The minimum atomic E-state index is -0.673. The smallest absolute Gasteiger partial charge is 0.415 e. The van der Waals surface area contributed by atoms with Gasteiger partial charge in [0.15, 0.2) is 0 Å². The van der Waals surface area contributed by atoms with Gasteiger partial charge in [0, 0.05) is 41.2 Å². The quantitative estimate of drug-likeness (QED) is 0.423. The highest BCUT2D eigenvalue weighted by molar-refractivity contribution is 5.95. The third-order valence-electron chi connectivity index (χ3n) is 5.59. The number of aromatic nitrogens is 1. The number of anilines is 2. The molecule has 7 nitrogen and oxygen atoms in total. The zero-order chi connectivity index (χ0) is 26.6. The zero-order valence-electron chi connectivity index (χ0n) is 22.4. The molecule has 3 rings (SSSR count). The average molecular weight is 490 g/mol. The predicted octanol–water partition coefficient (Wildman–Crippen LogP) is 6.58. The van der Waals surface area contributed by atoms with Crippen LogP contribution in [0.1, 0.15) is 50.1 Å². The lowest BCUT2D eigenvalue weighted by Crippen LogP contribution is -2.37. The Morgan fingerprint density at radius 2 is 1.75 bits per heavy atom. The summed E-state index contributed by atoms with van der Waals surface area (Å²) in [5.41, 5.74) is 5.88. The van der Waals surface area contributed by atoms with Gasteiger partial charge in [-0.3, -0.25) is 14.7 Å². The molecule has 1 N–H and O–H groups in total. The number of hydrogen-bond acceptors (Lipinski definition) is 5. The van der Waals surface area contributed by atoms with Gasteiger partial charge >= 0.3 is 6.09 Å². The number of rotatable bonds is 6. The van der Waals surface area contributed by atoms with E-state index in [9.17, 15) is 9.59 Å². The second-order valence-electron chi connectivity index (χ2n) is 9.90. The summed E-state index contributed by atoms with van der Waals surface area (Å²) in [5.74, 6) is 0.596. The van der Waals surface area contributed by atoms with Crippen LogP contribution in [0.25, 0.3) is 11.1 Å². The van der Waals surface area contributed by atoms with Crippen LogP contribution in [-0.2, 0) is 16.1 Å². The van der Waals surface area contributed by atoms with Crippen molar-refractivity contribution in [3.63, 3.8) is 0 Å². The van der Waals surface area contributed by atoms with E-state index in [0.717, 1.165) is 33.6 Å². The van der Waals surface area contributed by atoms with Crippen molar-refractivity contribution in [2.75, 3.05) is 17.3 Å². The van der Waals surface area contributed by atoms with Gasteiger partial charge in [-0.05, 0) is 70.9 Å². The number of amides is 2. The Kier molecular flexibility index (Phi) is 8.03. The van der Waals surface area contributed by atoms with Gasteiger partial charge in [-0.15, -0.1) is 0 Å². The molecule has 0 bridgehead atoms. The predicted molar refractivity (Wildman–Crippen MR) is 144 cm³/mol. The van der Waals surface area contributed by atoms with Crippen LogP contribution in [0, 0.1) is 20.8 Å². The summed E-state index contributed by atoms with van der Waals surface area (Å²) in [6.07, 6.45) is 1.27. The molecule has 0 unspecified atom stereocenters. The highest BCUT2D eigenvalue weighted by Gasteiger charge is 2.26. The zero-order valence-corrected chi connectivity index (χ0v) is 22.4. The number of pyridine rings is 1. The number of benzene rings is 2. The standard InChI is InChI=1S/C29H35N3O4/c1-18-13-22(24-11-9-10-12-25(24)31-21(4)33)15-23(14-18)32(28(34)36-29(5,6)7)17-26-20(3)27(35-8)19(2)16-30-26/h9-16H,17H2,1-8H3,(H,31,33). The van der Waals surface area contributed by atoms with Crippen LogP contribution in [0.2, 0.25) is 0 Å². The van der Waals surface area contributed by atoms with Gasteiger partial charge in [0.1, 0.15) is 11.4 Å². The molecule has 0 aliphatic carbocycles. The summed E-state index contributed by atoms with van der Waals surface area (Å²) in [7, 11) is 1.63. The van der Waals surface area contributed by atoms with Gasteiger partial charge < -0.3 is 14.8 Å². The van der Waals surface area contributed by atoms with Gasteiger partial charge in [0.2, 0.25) is 5.91 Å². The summed E-state index contributed by atoms with van der Waals surface area (Å²) in [4.78, 5) is 31.4. The highest BCUT2D eigenvalue weighted by atomic mass is 16.6. The first-order valence-corrected chi connectivity index (χ1v) is 11.9. The molecule has 1 aromatic heterocycles. The molecular weight excluding hydrogens is 454 g/mol. The molecule has 36 heavy (non-hydrogen) atoms. The van der Waals surface area contributed by atoms with E-state index in [0.29, 0.717) is 17.1 Å². The lowest BCUT2D eigenvalue weighted by Gasteiger charge is -2.28. The molecule has 1 heterocycles. The van der Waals surface area contributed by atoms with E-state index in [1.54, 1.807) is 18.2 Å². The number of hydrogen-bond donors (Lipinski definition) is 1. The maximum atomic E-state index is 13.5. The van der Waals surface area contributed by atoms with Crippen molar-refractivity contribution in [1.82, 2.24) is 4.98 Å². The van der Waals surface area contributed by atoms with Gasteiger partial charge in [-0.2, -0.15) is 0 Å². The molecule has 0 atom stereocenters. The van der Waals surface area contributed by atoms with E-state index >= 15 is 0 Å². The fourth-order valence-electron chi connectivity index (χ4n) is 4.07. The largest absolute Gasteiger partial charge is 0.496 e. The third-order valence-corrected chi connectivity index (χ3v) is 5.59. The van der Waals surface area contributed by atoms with Gasteiger partial charge in [-0.1, -0.05) is 24.3 Å². The van der Waals surface area contributed by atoms with Crippen LogP contribution in [0.5, 0.6) is 5.75 Å². The van der Waals surface area contributed by atoms with Crippen LogP contribution >= 0.6 is 0 Å². The number of aryl methyl sites for hydroxylation is 2. The second kappa shape index (κ2) is 10.8. The number of nitrogens with one attached hydrogen (secondary N) is 1. The monoisotopic (exact) mass is 489 g/mol. The van der Waals surface area contributed by atoms with E-state index in [1.807, 2.05) is 84.0 Å². The average Bonchev–Trinajstić information content (AvgIpc) is 2.77. The second-order valence-corrected chi connectivity index (χ2v) is 9.90. The first-order chi connectivity index (χ1) is 16.9. The summed E-state index contributed by atoms with van der Waals surface area (Å²) in [6, 6.07) is 13.5. The summed E-state index contributed by atoms with van der Waals surface area (Å²) in [5, 5.41) is 2.89. The van der Waals surface area contributed by atoms with Crippen molar-refractivity contribution in [3.05, 3.63) is 71.0 Å². The van der Waals surface area contributed by atoms with Gasteiger partial charge in [0.25, 0.3) is 0 Å². The third kappa shape index (κ3) is 6.42. The van der Waals surface area contributed by atoms with Crippen LogP contribution in [0.3, 0.4) is 0 Å². The summed E-state index contributed by atoms with van der Waals surface area (Å²) in [6.45, 7) is 13.0. The number of methoxy groups -OCH3 is 1. The molecule has 0 radical (unpaired) electrons. The SMILES string of the molecule is COc1c(C)cnc(CN(C(=O)OC(C)(C)C)c2cc(C)cc(-c3ccccc3NC(C)=O)c2)c1C. The van der Waals surface area contributed by atoms with Crippen LogP contribution in [-0.4, -0.2) is 29.7 Å². The van der Waals surface area contributed by atoms with Crippen molar-refractivity contribution in [3.8, 4) is 16.9 Å². The molecule has 0 aliphatic rings. The van der Waals surface area contributed by atoms with Crippen molar-refractivity contribution < 1.29 is 19.1 Å². The molecule has 7 heteroatoms. The van der Waals surface area contributed by atoms with Crippen molar-refractivity contribution in [1.29, 1.82) is 0 Å². The number of nitrogens with zero attached hydrogens (tertiary/aromatic N) is 2. The molecule has 190 valence electrons. The summed E-state index contributed by atoms with van der Waals surface area (Å²) < 4.78 is 11.4. The lowest BCUT2D eigenvalue weighted by molar-refractivity contribution is -0.114. The highest BCUT2D eigenvalue weighted by Crippen LogP contribution is 2.34. The Bertz CT molecular complexity index is 1280. The first kappa shape index (κ1) is 26.7. The van der Waals surface area contributed by atoms with Crippen molar-refractivity contribution in [2.24, 2.45) is 0 Å². The summed E-state index contributed by atoms with van der Waals surface area (Å²) >= 11 is 0. The maximum absolute atomic E-state index is 13.5. The van der Waals surface area contributed by atoms with Crippen LogP contribution in [0.15, 0.2) is 48.7 Å². The molecule has 0 saturated carbocycles. The Morgan fingerprint density at radius 1 is 1.06 bits per heavy atom. The minimum Gasteiger partial charge on any atom is -0.496 e. The van der Waals surface area contributed by atoms with E-state index < -0.39 is 11.7 Å². The first-order valence-electron chi connectivity index (χ1n) is 11.9. The molecule has 2 amide bonds. The Balaban J connectivity index is 2.13. The molecule has 0 saturated heterocycles. The van der Waals surface area contributed by atoms with E-state index in [-0.39, 0.29) is 12.5 Å². The fraction of sp³-hybridized carbons (Fsp3) is 0.345. The molecule has 0 aliphatic heterocycles. The topological polar surface area (TPSA) is 80.8 Å². The molecule has 3 aromatic rings. The maximum Gasteiger partial charge on any atom is 0.415 e. The lowest BCUT2D eigenvalue weighted by atomic mass is 10.00. The van der Waals surface area contributed by atoms with Crippen molar-refractivity contribution >= 4 is 23.4 Å². The Hall–Kier alpha value is -3.87. The fourth-order valence-corrected chi connectivity index (χ4v) is 4.07. The Labute approximate surface area is 213 Å². The number of carbonyl (C=O) groups excluding carboxylic acids is 2. The minimum absolute atomic E-state index is 0.152. The molecule has 0 fully saturated rings. The molecular formula is C29H35N3O4. The normalized spacial score (nSPS) is 11.1. The van der Waals surface area contributed by atoms with E-state index in [2.05, 4.69) is 10.3 Å². The molecule has 2 aromatic carbocycles. The molecule has 0 spiro atoms. The van der Waals surface area contributed by atoms with Gasteiger partial charge in [0.05, 0.1) is 19.3 Å². The van der Waals surface area contributed by atoms with Crippen LogP contribution < -0.4 is 15.0 Å². The Morgan fingerprint density at radius 3 is 2.39 bits per heavy atom. The van der Waals surface area contributed by atoms with Gasteiger partial charge in [-0.25, -0.2) is 4.79 Å². The number of carbonyl (C=O) groups is 2. The van der Waals surface area contributed by atoms with E-state index in [1.165, 1.54) is 6.92 Å².